The summed E-state index contributed by atoms with van der Waals surface area (Å²) in [6.45, 7) is 3.79. The molecular weight excluding hydrogens is 260 g/mol. The molecule has 2 bridgehead atoms. The summed E-state index contributed by atoms with van der Waals surface area (Å²) in [5.74, 6) is 2.09. The van der Waals surface area contributed by atoms with Gasteiger partial charge in [0, 0.05) is 24.7 Å². The number of nitrogens with zero attached hydrogens (tertiary/aromatic N) is 3. The number of hydrogen-bond acceptors (Lipinski definition) is 3. The van der Waals surface area contributed by atoms with E-state index in [1.807, 2.05) is 6.07 Å². The zero-order valence-electron chi connectivity index (χ0n) is 12.5. The lowest BCUT2D eigenvalue weighted by Crippen LogP contribution is -2.34. The van der Waals surface area contributed by atoms with Crippen molar-refractivity contribution in [3.05, 3.63) is 41.6 Å². The van der Waals surface area contributed by atoms with Crippen LogP contribution in [0.2, 0.25) is 0 Å². The normalized spacial score (nSPS) is 24.0. The molecule has 1 saturated carbocycles. The van der Waals surface area contributed by atoms with Gasteiger partial charge in [0.05, 0.1) is 11.4 Å². The third kappa shape index (κ3) is 1.97. The van der Waals surface area contributed by atoms with Gasteiger partial charge in [-0.1, -0.05) is 18.2 Å². The Morgan fingerprint density at radius 3 is 2.67 bits per heavy atom. The Hall–Kier alpha value is -1.81. The molecule has 2 fully saturated rings. The van der Waals surface area contributed by atoms with Crippen molar-refractivity contribution in [3.8, 4) is 5.69 Å². The van der Waals surface area contributed by atoms with E-state index in [1.165, 1.54) is 30.6 Å². The van der Waals surface area contributed by atoms with Crippen molar-refractivity contribution >= 4 is 5.82 Å². The molecule has 0 amide bonds. The van der Waals surface area contributed by atoms with Crippen LogP contribution in [0.4, 0.5) is 5.82 Å². The third-order valence-electron chi connectivity index (χ3n) is 5.04. The second-order valence-electron chi connectivity index (χ2n) is 6.32. The van der Waals surface area contributed by atoms with E-state index in [9.17, 15) is 0 Å². The van der Waals surface area contributed by atoms with Gasteiger partial charge in [-0.05, 0) is 44.2 Å². The number of fused-ring (bicyclic) bond motifs is 2. The average molecular weight is 282 g/mol. The number of rotatable bonds is 3. The van der Waals surface area contributed by atoms with Crippen LogP contribution in [0.3, 0.4) is 0 Å². The zero-order valence-corrected chi connectivity index (χ0v) is 12.5. The molecule has 4 nitrogen and oxygen atoms in total. The number of aryl methyl sites for hydroxylation is 1. The van der Waals surface area contributed by atoms with E-state index in [0.29, 0.717) is 12.6 Å². The van der Waals surface area contributed by atoms with Crippen LogP contribution < -0.4 is 10.6 Å². The second kappa shape index (κ2) is 4.88. The molecule has 21 heavy (non-hydrogen) atoms. The minimum atomic E-state index is 0.557. The van der Waals surface area contributed by atoms with E-state index in [2.05, 4.69) is 40.8 Å². The van der Waals surface area contributed by atoms with E-state index >= 15 is 0 Å². The second-order valence-corrected chi connectivity index (χ2v) is 6.32. The predicted molar refractivity (Wildman–Crippen MR) is 84.7 cm³/mol. The van der Waals surface area contributed by atoms with Crippen LogP contribution >= 0.6 is 0 Å². The minimum absolute atomic E-state index is 0.557. The van der Waals surface area contributed by atoms with Gasteiger partial charge in [0.15, 0.2) is 0 Å². The maximum atomic E-state index is 6.03. The van der Waals surface area contributed by atoms with Gasteiger partial charge in [0.1, 0.15) is 5.82 Å². The van der Waals surface area contributed by atoms with Gasteiger partial charge in [0.25, 0.3) is 0 Å². The van der Waals surface area contributed by atoms with E-state index in [0.717, 1.165) is 23.8 Å². The zero-order chi connectivity index (χ0) is 14.4. The summed E-state index contributed by atoms with van der Waals surface area (Å²) in [6.07, 6.45) is 4.04. The summed E-state index contributed by atoms with van der Waals surface area (Å²) in [4.78, 5) is 2.56. The summed E-state index contributed by atoms with van der Waals surface area (Å²) >= 11 is 0. The van der Waals surface area contributed by atoms with Gasteiger partial charge < -0.3 is 10.6 Å². The smallest absolute Gasteiger partial charge is 0.137 e. The number of nitrogens with two attached hydrogens (primary N) is 1. The molecule has 4 rings (SSSR count). The highest BCUT2D eigenvalue weighted by Crippen LogP contribution is 2.42. The summed E-state index contributed by atoms with van der Waals surface area (Å²) in [7, 11) is 0. The lowest BCUT2D eigenvalue weighted by atomic mass is 10.1. The standard InChI is InChI=1S/C17H22N4/c1-12-16(10-18)17(20-11-13-7-8-15(20)9-13)21(19-12)14-5-3-2-4-6-14/h2-6,13,15H,7-11,18H2,1H3. The first-order valence-electron chi connectivity index (χ1n) is 7.88. The maximum absolute atomic E-state index is 6.03. The molecule has 110 valence electrons. The fraction of sp³-hybridized carbons (Fsp3) is 0.471. The van der Waals surface area contributed by atoms with Gasteiger partial charge in [-0.3, -0.25) is 0 Å². The van der Waals surface area contributed by atoms with E-state index < -0.39 is 0 Å². The quantitative estimate of drug-likeness (QED) is 0.941. The number of anilines is 1. The van der Waals surface area contributed by atoms with Gasteiger partial charge in [-0.25, -0.2) is 4.68 Å². The lowest BCUT2D eigenvalue weighted by molar-refractivity contribution is 0.545. The summed E-state index contributed by atoms with van der Waals surface area (Å²) < 4.78 is 2.10. The topological polar surface area (TPSA) is 47.1 Å². The summed E-state index contributed by atoms with van der Waals surface area (Å²) in [6, 6.07) is 11.1. The van der Waals surface area contributed by atoms with Crippen molar-refractivity contribution in [2.75, 3.05) is 11.4 Å². The largest absolute Gasteiger partial charge is 0.353 e. The van der Waals surface area contributed by atoms with Crippen LogP contribution in [0.1, 0.15) is 30.5 Å². The van der Waals surface area contributed by atoms with Crippen molar-refractivity contribution in [2.45, 2.75) is 38.8 Å². The summed E-state index contributed by atoms with van der Waals surface area (Å²) in [5.41, 5.74) is 9.41. The molecule has 2 atom stereocenters. The van der Waals surface area contributed by atoms with Gasteiger partial charge in [-0.2, -0.15) is 5.10 Å². The molecule has 2 N–H and O–H groups in total. The van der Waals surface area contributed by atoms with Crippen molar-refractivity contribution in [3.63, 3.8) is 0 Å². The molecule has 0 radical (unpaired) electrons. The first-order chi connectivity index (χ1) is 10.3. The molecule has 1 aliphatic heterocycles. The highest BCUT2D eigenvalue weighted by Gasteiger charge is 2.40. The van der Waals surface area contributed by atoms with Crippen molar-refractivity contribution < 1.29 is 0 Å². The van der Waals surface area contributed by atoms with E-state index in [1.54, 1.807) is 0 Å². The van der Waals surface area contributed by atoms with E-state index in [4.69, 9.17) is 10.8 Å². The Labute approximate surface area is 125 Å². The fourth-order valence-corrected chi connectivity index (χ4v) is 4.01. The number of para-hydroxylation sites is 1. The highest BCUT2D eigenvalue weighted by atomic mass is 15.4. The molecule has 2 heterocycles. The molecule has 0 spiro atoms. The SMILES string of the molecule is Cc1nn(-c2ccccc2)c(N2CC3CCC2C3)c1CN. The van der Waals surface area contributed by atoms with Gasteiger partial charge in [0.2, 0.25) is 0 Å². The Bertz CT molecular complexity index is 646. The van der Waals surface area contributed by atoms with E-state index in [-0.39, 0.29) is 0 Å². The van der Waals surface area contributed by atoms with Gasteiger partial charge in [-0.15, -0.1) is 0 Å². The maximum Gasteiger partial charge on any atom is 0.137 e. The summed E-state index contributed by atoms with van der Waals surface area (Å²) in [5, 5.41) is 4.77. The Morgan fingerprint density at radius 2 is 2.05 bits per heavy atom. The van der Waals surface area contributed by atoms with Crippen molar-refractivity contribution in [1.29, 1.82) is 0 Å². The van der Waals surface area contributed by atoms with Crippen molar-refractivity contribution in [2.24, 2.45) is 11.7 Å². The third-order valence-corrected chi connectivity index (χ3v) is 5.04. The predicted octanol–water partition coefficient (Wildman–Crippen LogP) is 2.63. The molecular formula is C17H22N4. The molecule has 1 aromatic carbocycles. The molecule has 4 heteroatoms. The Balaban J connectivity index is 1.84. The Kier molecular flexibility index (Phi) is 3.00. The first kappa shape index (κ1) is 12.9. The molecule has 2 unspecified atom stereocenters. The molecule has 1 aliphatic carbocycles. The molecule has 2 aromatic rings. The fourth-order valence-electron chi connectivity index (χ4n) is 4.01. The lowest BCUT2D eigenvalue weighted by Gasteiger charge is -2.30. The van der Waals surface area contributed by atoms with Crippen molar-refractivity contribution in [1.82, 2.24) is 9.78 Å². The monoisotopic (exact) mass is 282 g/mol. The molecule has 1 saturated heterocycles. The van der Waals surface area contributed by atoms with Crippen LogP contribution in [0.25, 0.3) is 5.69 Å². The van der Waals surface area contributed by atoms with Crippen LogP contribution in [0.5, 0.6) is 0 Å². The van der Waals surface area contributed by atoms with Gasteiger partial charge >= 0.3 is 0 Å². The van der Waals surface area contributed by atoms with Crippen LogP contribution in [0, 0.1) is 12.8 Å². The number of piperidine rings is 1. The number of benzene rings is 1. The Morgan fingerprint density at radius 1 is 1.24 bits per heavy atom. The minimum Gasteiger partial charge on any atom is -0.353 e. The molecule has 2 aliphatic rings. The van der Waals surface area contributed by atoms with Crippen LogP contribution in [0.15, 0.2) is 30.3 Å². The average Bonchev–Trinajstić information content (AvgIpc) is 3.21. The highest BCUT2D eigenvalue weighted by molar-refractivity contribution is 5.57. The number of hydrogen-bond donors (Lipinski definition) is 1. The first-order valence-corrected chi connectivity index (χ1v) is 7.88. The van der Waals surface area contributed by atoms with Crippen LogP contribution in [-0.2, 0) is 6.54 Å². The number of aromatic nitrogens is 2. The molecule has 1 aromatic heterocycles. The van der Waals surface area contributed by atoms with Crippen LogP contribution in [-0.4, -0.2) is 22.4 Å².